The summed E-state index contributed by atoms with van der Waals surface area (Å²) in [6, 6.07) is 7.05. The van der Waals surface area contributed by atoms with Gasteiger partial charge in [-0.1, -0.05) is 6.07 Å². The van der Waals surface area contributed by atoms with Gasteiger partial charge in [0, 0.05) is 11.5 Å². The predicted octanol–water partition coefficient (Wildman–Crippen LogP) is 3.95. The molecule has 0 aliphatic rings. The maximum absolute atomic E-state index is 14.0. The Hall–Kier alpha value is -2.08. The van der Waals surface area contributed by atoms with Gasteiger partial charge in [0.2, 0.25) is 0 Å². The van der Waals surface area contributed by atoms with E-state index in [9.17, 15) is 13.6 Å². The van der Waals surface area contributed by atoms with Gasteiger partial charge in [-0.15, -0.1) is 0 Å². The summed E-state index contributed by atoms with van der Waals surface area (Å²) in [5.74, 6) is -1.56. The lowest BCUT2D eigenvalue weighted by molar-refractivity contribution is 0.585. The van der Waals surface area contributed by atoms with Crippen molar-refractivity contribution in [3.63, 3.8) is 0 Å². The van der Waals surface area contributed by atoms with E-state index in [1.807, 2.05) is 6.92 Å². The number of nitrogens with zero attached hydrogens (tertiary/aromatic N) is 2. The normalized spacial score (nSPS) is 11.1. The predicted molar refractivity (Wildman–Crippen MR) is 84.8 cm³/mol. The molecule has 3 nitrogen and oxygen atoms in total. The number of benzene rings is 2. The minimum atomic E-state index is -0.759. The minimum absolute atomic E-state index is 0.0438. The van der Waals surface area contributed by atoms with Crippen LogP contribution in [0.25, 0.3) is 22.3 Å². The van der Waals surface area contributed by atoms with Gasteiger partial charge in [0.1, 0.15) is 17.5 Å². The zero-order valence-electron chi connectivity index (χ0n) is 11.8. The lowest BCUT2D eigenvalue weighted by atomic mass is 10.1. The highest BCUT2D eigenvalue weighted by atomic mass is 79.9. The highest BCUT2D eigenvalue weighted by molar-refractivity contribution is 9.10. The third kappa shape index (κ3) is 2.23. The smallest absolute Gasteiger partial charge is 0.261 e. The molecule has 0 aliphatic heterocycles. The van der Waals surface area contributed by atoms with Crippen LogP contribution in [0, 0.1) is 18.6 Å². The monoisotopic (exact) mass is 364 g/mol. The minimum Gasteiger partial charge on any atom is -0.295 e. The van der Waals surface area contributed by atoms with Crippen LogP contribution in [-0.4, -0.2) is 9.55 Å². The topological polar surface area (TPSA) is 34.9 Å². The highest BCUT2D eigenvalue weighted by Gasteiger charge is 2.18. The van der Waals surface area contributed by atoms with Crippen LogP contribution in [0.4, 0.5) is 8.78 Å². The molecule has 0 bridgehead atoms. The van der Waals surface area contributed by atoms with Gasteiger partial charge in [-0.2, -0.15) is 0 Å². The van der Waals surface area contributed by atoms with Crippen LogP contribution in [0.3, 0.4) is 0 Å². The molecule has 0 spiro atoms. The van der Waals surface area contributed by atoms with Crippen molar-refractivity contribution in [1.29, 1.82) is 0 Å². The first-order chi connectivity index (χ1) is 10.4. The zero-order chi connectivity index (χ0) is 16.0. The number of hydrogen-bond acceptors (Lipinski definition) is 2. The number of rotatable bonds is 1. The molecule has 0 atom stereocenters. The number of aromatic nitrogens is 2. The summed E-state index contributed by atoms with van der Waals surface area (Å²) < 4.78 is 29.8. The Labute approximate surface area is 133 Å². The quantitative estimate of drug-likeness (QED) is 0.655. The third-order valence-corrected chi connectivity index (χ3v) is 4.07. The van der Waals surface area contributed by atoms with Crippen LogP contribution < -0.4 is 5.56 Å². The Kier molecular flexibility index (Phi) is 3.56. The molecular formula is C16H11BrF2N2O. The fraction of sp³-hybridized carbons (Fsp3) is 0.125. The van der Waals surface area contributed by atoms with E-state index in [-0.39, 0.29) is 16.9 Å². The molecule has 6 heteroatoms. The summed E-state index contributed by atoms with van der Waals surface area (Å²) in [6.45, 7) is 1.86. The highest BCUT2D eigenvalue weighted by Crippen LogP contribution is 2.27. The molecular weight excluding hydrogens is 354 g/mol. The van der Waals surface area contributed by atoms with Crippen LogP contribution in [0.1, 0.15) is 5.56 Å². The van der Waals surface area contributed by atoms with Crippen molar-refractivity contribution in [2.24, 2.45) is 7.05 Å². The first kappa shape index (κ1) is 14.8. The zero-order valence-corrected chi connectivity index (χ0v) is 13.4. The lowest BCUT2D eigenvalue weighted by Gasteiger charge is -2.12. The number of hydrogen-bond donors (Lipinski definition) is 0. The van der Waals surface area contributed by atoms with Gasteiger partial charge in [-0.25, -0.2) is 13.8 Å². The number of aryl methyl sites for hydroxylation is 1. The largest absolute Gasteiger partial charge is 0.295 e. The Morgan fingerprint density at radius 2 is 1.82 bits per heavy atom. The van der Waals surface area contributed by atoms with E-state index in [4.69, 9.17) is 0 Å². The summed E-state index contributed by atoms with van der Waals surface area (Å²) in [7, 11) is 1.45. The standard InChI is InChI=1S/C16H11BrF2N2O/c1-8-6-9-14(10(17)7-8)20-15(21(2)16(9)22)13-11(18)4-3-5-12(13)19/h3-7H,1-2H3. The Morgan fingerprint density at radius 3 is 2.45 bits per heavy atom. The second-order valence-corrected chi connectivity index (χ2v) is 5.89. The molecule has 0 saturated heterocycles. The summed E-state index contributed by atoms with van der Waals surface area (Å²) in [6.07, 6.45) is 0. The van der Waals surface area contributed by atoms with Crippen LogP contribution >= 0.6 is 15.9 Å². The first-order valence-corrected chi connectivity index (χ1v) is 7.30. The van der Waals surface area contributed by atoms with Gasteiger partial charge in [-0.05, 0) is 52.7 Å². The summed E-state index contributed by atoms with van der Waals surface area (Å²) in [4.78, 5) is 16.8. The van der Waals surface area contributed by atoms with E-state index >= 15 is 0 Å². The van der Waals surface area contributed by atoms with Gasteiger partial charge in [0.15, 0.2) is 0 Å². The van der Waals surface area contributed by atoms with E-state index in [2.05, 4.69) is 20.9 Å². The van der Waals surface area contributed by atoms with Gasteiger partial charge in [-0.3, -0.25) is 9.36 Å². The Bertz CT molecular complexity index is 946. The van der Waals surface area contributed by atoms with Crippen molar-refractivity contribution < 1.29 is 8.78 Å². The van der Waals surface area contributed by atoms with Crippen LogP contribution in [-0.2, 0) is 7.05 Å². The average molecular weight is 365 g/mol. The Morgan fingerprint density at radius 1 is 1.18 bits per heavy atom. The van der Waals surface area contributed by atoms with Gasteiger partial charge >= 0.3 is 0 Å². The average Bonchev–Trinajstić information content (AvgIpc) is 2.45. The summed E-state index contributed by atoms with van der Waals surface area (Å²) in [5.41, 5.74) is 0.609. The first-order valence-electron chi connectivity index (χ1n) is 6.51. The molecule has 2 aromatic carbocycles. The molecule has 3 aromatic rings. The lowest BCUT2D eigenvalue weighted by Crippen LogP contribution is -2.21. The van der Waals surface area contributed by atoms with E-state index in [0.717, 1.165) is 22.3 Å². The van der Waals surface area contributed by atoms with Crippen LogP contribution in [0.5, 0.6) is 0 Å². The van der Waals surface area contributed by atoms with Crippen molar-refractivity contribution in [2.45, 2.75) is 6.92 Å². The molecule has 0 fully saturated rings. The van der Waals surface area contributed by atoms with Crippen molar-refractivity contribution in [2.75, 3.05) is 0 Å². The molecule has 1 heterocycles. The van der Waals surface area contributed by atoms with Crippen molar-refractivity contribution >= 4 is 26.8 Å². The van der Waals surface area contributed by atoms with Gasteiger partial charge < -0.3 is 0 Å². The van der Waals surface area contributed by atoms with E-state index in [1.165, 1.54) is 13.1 Å². The molecule has 22 heavy (non-hydrogen) atoms. The maximum atomic E-state index is 14.0. The van der Waals surface area contributed by atoms with E-state index < -0.39 is 11.6 Å². The molecule has 0 unspecified atom stereocenters. The molecule has 0 N–H and O–H groups in total. The second kappa shape index (κ2) is 5.28. The maximum Gasteiger partial charge on any atom is 0.261 e. The summed E-state index contributed by atoms with van der Waals surface area (Å²) >= 11 is 3.35. The molecule has 1 aromatic heterocycles. The molecule has 112 valence electrons. The van der Waals surface area contributed by atoms with Crippen molar-refractivity contribution in [1.82, 2.24) is 9.55 Å². The summed E-state index contributed by atoms with van der Waals surface area (Å²) in [5, 5.41) is 0.398. The fourth-order valence-electron chi connectivity index (χ4n) is 2.40. The number of halogens is 3. The van der Waals surface area contributed by atoms with Crippen molar-refractivity contribution in [3.05, 3.63) is 62.4 Å². The van der Waals surface area contributed by atoms with E-state index in [1.54, 1.807) is 12.1 Å². The number of fused-ring (bicyclic) bond motifs is 1. The fourth-order valence-corrected chi connectivity index (χ4v) is 3.07. The molecule has 0 amide bonds. The molecule has 0 aliphatic carbocycles. The van der Waals surface area contributed by atoms with Gasteiger partial charge in [0.05, 0.1) is 16.5 Å². The molecule has 0 radical (unpaired) electrons. The van der Waals surface area contributed by atoms with Crippen LogP contribution in [0.2, 0.25) is 0 Å². The van der Waals surface area contributed by atoms with Gasteiger partial charge in [0.25, 0.3) is 5.56 Å². The Balaban J connectivity index is 2.47. The third-order valence-electron chi connectivity index (χ3n) is 3.46. The van der Waals surface area contributed by atoms with Crippen molar-refractivity contribution in [3.8, 4) is 11.4 Å². The second-order valence-electron chi connectivity index (χ2n) is 5.04. The molecule has 3 rings (SSSR count). The van der Waals surface area contributed by atoms with E-state index in [0.29, 0.717) is 15.4 Å². The molecule has 0 saturated carbocycles. The van der Waals surface area contributed by atoms with Crippen LogP contribution in [0.15, 0.2) is 39.6 Å². The SMILES string of the molecule is Cc1cc(Br)c2nc(-c3c(F)cccc3F)n(C)c(=O)c2c1.